The first-order chi connectivity index (χ1) is 28.0. The second-order valence-electron chi connectivity index (χ2n) is 16.6. The Morgan fingerprint density at radius 1 is 0.593 bits per heavy atom. The fraction of sp³-hybridized carbons (Fsp3) is 0.860. The Morgan fingerprint density at radius 2 is 1.05 bits per heavy atom. The maximum atomic E-state index is 13.1. The SMILES string of the molecule is CC(C)(C)OC(=O)CCCCCCCCCCCCCCCCC(=O)N(CCC(C=O)C(=O)NCCOCCOCC(=O)NCCOCCOCC(=O)O)OC(C)(C)C. The Hall–Kier alpha value is -3.18. The van der Waals surface area contributed by atoms with Crippen molar-refractivity contribution < 1.29 is 62.4 Å². The van der Waals surface area contributed by atoms with E-state index in [0.29, 0.717) is 19.1 Å². The van der Waals surface area contributed by atoms with Gasteiger partial charge in [0.15, 0.2) is 0 Å². The van der Waals surface area contributed by atoms with Gasteiger partial charge in [-0.15, -0.1) is 0 Å². The number of carbonyl (C=O) groups is 6. The molecule has 0 aromatic carbocycles. The summed E-state index contributed by atoms with van der Waals surface area (Å²) in [4.78, 5) is 77.4. The van der Waals surface area contributed by atoms with Crippen LogP contribution in [0.1, 0.15) is 151 Å². The standard InChI is InChI=1S/C43H79N3O13/c1-42(2,3)58-40(52)22-20-18-16-14-12-10-8-7-9-11-13-15-17-19-21-38(49)46(59-43(4,5)6)26-23-36(33-47)41(53)45-25-28-55-29-31-56-34-37(48)44-24-27-54-30-32-57-35-39(50)51/h33,36H,7-32,34-35H2,1-6H3,(H,44,48)(H,45,53)(H,50,51). The molecule has 3 N–H and O–H groups in total. The summed E-state index contributed by atoms with van der Waals surface area (Å²) < 4.78 is 26.1. The minimum Gasteiger partial charge on any atom is -0.480 e. The molecule has 0 aliphatic heterocycles. The van der Waals surface area contributed by atoms with Crippen LogP contribution in [0, 0.1) is 5.92 Å². The maximum absolute atomic E-state index is 13.1. The molecule has 0 heterocycles. The lowest BCUT2D eigenvalue weighted by molar-refractivity contribution is -0.228. The van der Waals surface area contributed by atoms with Crippen LogP contribution in [0.15, 0.2) is 0 Å². The van der Waals surface area contributed by atoms with Gasteiger partial charge in [0.1, 0.15) is 25.1 Å². The third-order valence-corrected chi connectivity index (χ3v) is 8.56. The number of hydroxylamine groups is 2. The van der Waals surface area contributed by atoms with Gasteiger partial charge in [0.05, 0.1) is 51.2 Å². The first-order valence-electron chi connectivity index (χ1n) is 21.8. The Balaban J connectivity index is 4.04. The van der Waals surface area contributed by atoms with E-state index in [4.69, 9.17) is 33.6 Å². The second-order valence-corrected chi connectivity index (χ2v) is 16.6. The molecule has 0 aliphatic rings. The minimum atomic E-state index is -1.05. The Morgan fingerprint density at radius 3 is 1.53 bits per heavy atom. The highest BCUT2D eigenvalue weighted by atomic mass is 16.7. The van der Waals surface area contributed by atoms with E-state index in [1.54, 1.807) is 0 Å². The number of nitrogens with zero attached hydrogens (tertiary/aromatic N) is 1. The number of hydrogen-bond donors (Lipinski definition) is 3. The predicted octanol–water partition coefficient (Wildman–Crippen LogP) is 5.72. The summed E-state index contributed by atoms with van der Waals surface area (Å²) in [5, 5.41) is 15.1. The Bertz CT molecular complexity index is 1140. The Labute approximate surface area is 353 Å². The topological polar surface area (TPSA) is 205 Å². The molecule has 3 amide bonds. The normalized spacial score (nSPS) is 12.2. The lowest BCUT2D eigenvalue weighted by Gasteiger charge is -2.30. The lowest BCUT2D eigenvalue weighted by Crippen LogP contribution is -2.41. The van der Waals surface area contributed by atoms with E-state index < -0.39 is 29.0 Å². The fourth-order valence-electron chi connectivity index (χ4n) is 5.71. The third kappa shape index (κ3) is 38.8. The summed E-state index contributed by atoms with van der Waals surface area (Å²) in [7, 11) is 0. The van der Waals surface area contributed by atoms with E-state index in [-0.39, 0.29) is 96.7 Å². The summed E-state index contributed by atoms with van der Waals surface area (Å²) in [5.41, 5.74) is -1.03. The first-order valence-corrected chi connectivity index (χ1v) is 21.8. The summed E-state index contributed by atoms with van der Waals surface area (Å²) in [6.07, 6.45) is 17.3. The molecule has 0 aromatic rings. The quantitative estimate of drug-likeness (QED) is 0.0223. The summed E-state index contributed by atoms with van der Waals surface area (Å²) in [5.74, 6) is -3.05. The number of aliphatic carboxylic acids is 1. The number of rotatable bonds is 39. The van der Waals surface area contributed by atoms with Crippen LogP contribution in [0.2, 0.25) is 0 Å². The van der Waals surface area contributed by atoms with Crippen LogP contribution < -0.4 is 10.6 Å². The molecule has 0 spiro atoms. The average Bonchev–Trinajstić information content (AvgIpc) is 3.15. The third-order valence-electron chi connectivity index (χ3n) is 8.56. The number of nitrogens with one attached hydrogen (secondary N) is 2. The first kappa shape index (κ1) is 55.8. The number of esters is 1. The molecule has 0 radical (unpaired) electrons. The highest BCUT2D eigenvalue weighted by molar-refractivity contribution is 5.91. The number of hydrogen-bond acceptors (Lipinski definition) is 12. The molecule has 16 nitrogen and oxygen atoms in total. The van der Waals surface area contributed by atoms with E-state index in [1.807, 2.05) is 41.5 Å². The monoisotopic (exact) mass is 846 g/mol. The van der Waals surface area contributed by atoms with Crippen molar-refractivity contribution in [1.82, 2.24) is 15.7 Å². The van der Waals surface area contributed by atoms with Crippen molar-refractivity contribution >= 4 is 35.9 Å². The van der Waals surface area contributed by atoms with Crippen LogP contribution >= 0.6 is 0 Å². The van der Waals surface area contributed by atoms with Crippen LogP contribution in [-0.4, -0.2) is 130 Å². The minimum absolute atomic E-state index is 0.100. The molecule has 59 heavy (non-hydrogen) atoms. The van der Waals surface area contributed by atoms with E-state index in [9.17, 15) is 28.8 Å². The summed E-state index contributed by atoms with van der Waals surface area (Å²) in [6.45, 7) is 12.4. The van der Waals surface area contributed by atoms with Gasteiger partial charge in [0.25, 0.3) is 0 Å². The number of ether oxygens (including phenoxy) is 5. The van der Waals surface area contributed by atoms with E-state index >= 15 is 0 Å². The smallest absolute Gasteiger partial charge is 0.329 e. The predicted molar refractivity (Wildman–Crippen MR) is 223 cm³/mol. The molecule has 0 rings (SSSR count). The van der Waals surface area contributed by atoms with Gasteiger partial charge in [-0.25, -0.2) is 9.86 Å². The number of unbranched alkanes of at least 4 members (excludes halogenated alkanes) is 13. The molecule has 1 unspecified atom stereocenters. The van der Waals surface area contributed by atoms with Crippen molar-refractivity contribution in [2.45, 2.75) is 162 Å². The molecule has 344 valence electrons. The average molecular weight is 846 g/mol. The van der Waals surface area contributed by atoms with Crippen molar-refractivity contribution in [3.63, 3.8) is 0 Å². The molecule has 0 bridgehead atoms. The molecule has 0 fully saturated rings. The van der Waals surface area contributed by atoms with Gasteiger partial charge >= 0.3 is 11.9 Å². The highest BCUT2D eigenvalue weighted by Crippen LogP contribution is 2.17. The zero-order valence-corrected chi connectivity index (χ0v) is 37.2. The molecular weight excluding hydrogens is 766 g/mol. The molecule has 0 aliphatic carbocycles. The van der Waals surface area contributed by atoms with Crippen LogP contribution in [0.25, 0.3) is 0 Å². The van der Waals surface area contributed by atoms with Gasteiger partial charge in [-0.2, -0.15) is 0 Å². The van der Waals surface area contributed by atoms with Gasteiger partial charge in [0.2, 0.25) is 17.7 Å². The van der Waals surface area contributed by atoms with Crippen molar-refractivity contribution in [2.24, 2.45) is 5.92 Å². The zero-order valence-electron chi connectivity index (χ0n) is 37.2. The largest absolute Gasteiger partial charge is 0.480 e. The summed E-state index contributed by atoms with van der Waals surface area (Å²) in [6, 6.07) is 0. The highest BCUT2D eigenvalue weighted by Gasteiger charge is 2.25. The van der Waals surface area contributed by atoms with Crippen molar-refractivity contribution in [2.75, 3.05) is 72.5 Å². The lowest BCUT2D eigenvalue weighted by atomic mass is 10.0. The number of aldehydes is 1. The second kappa shape index (κ2) is 35.6. The fourth-order valence-corrected chi connectivity index (χ4v) is 5.71. The maximum Gasteiger partial charge on any atom is 0.329 e. The van der Waals surface area contributed by atoms with Crippen LogP contribution in [0.3, 0.4) is 0 Å². The number of carboxylic acids is 1. The van der Waals surface area contributed by atoms with Gasteiger partial charge in [-0.1, -0.05) is 77.0 Å². The number of amides is 3. The number of carbonyl (C=O) groups excluding carboxylic acids is 5. The van der Waals surface area contributed by atoms with Crippen molar-refractivity contribution in [3.8, 4) is 0 Å². The molecule has 1 atom stereocenters. The van der Waals surface area contributed by atoms with Gasteiger partial charge < -0.3 is 44.2 Å². The van der Waals surface area contributed by atoms with E-state index in [0.717, 1.165) is 38.5 Å². The van der Waals surface area contributed by atoms with Crippen molar-refractivity contribution in [3.05, 3.63) is 0 Å². The van der Waals surface area contributed by atoms with Crippen LogP contribution in [-0.2, 0) is 57.3 Å². The van der Waals surface area contributed by atoms with Gasteiger partial charge in [-0.05, 0) is 60.8 Å². The van der Waals surface area contributed by atoms with E-state index in [2.05, 4.69) is 10.6 Å². The van der Waals surface area contributed by atoms with E-state index in [1.165, 1.54) is 56.4 Å². The van der Waals surface area contributed by atoms with Crippen LogP contribution in [0.4, 0.5) is 0 Å². The molecule has 0 aromatic heterocycles. The van der Waals surface area contributed by atoms with Crippen LogP contribution in [0.5, 0.6) is 0 Å². The van der Waals surface area contributed by atoms with Gasteiger partial charge in [0, 0.05) is 32.5 Å². The molecule has 0 saturated carbocycles. The summed E-state index contributed by atoms with van der Waals surface area (Å²) >= 11 is 0. The number of carboxylic acid groups (broad SMARTS) is 1. The molecule has 16 heteroatoms. The zero-order chi connectivity index (χ0) is 44.2. The van der Waals surface area contributed by atoms with Crippen molar-refractivity contribution in [1.29, 1.82) is 0 Å². The Kier molecular flexibility index (Phi) is 33.6. The molecular formula is C43H79N3O13. The molecule has 0 saturated heterocycles. The van der Waals surface area contributed by atoms with Gasteiger partial charge in [-0.3, -0.25) is 24.0 Å².